The fourth-order valence-electron chi connectivity index (χ4n) is 4.89. The van der Waals surface area contributed by atoms with Crippen LogP contribution in [-0.4, -0.2) is 87.3 Å². The van der Waals surface area contributed by atoms with E-state index >= 15 is 0 Å². The molecule has 3 amide bonds. The van der Waals surface area contributed by atoms with E-state index in [9.17, 15) is 19.2 Å². The third-order valence-corrected chi connectivity index (χ3v) is 6.95. The van der Waals surface area contributed by atoms with Gasteiger partial charge >= 0.3 is 5.97 Å². The maximum atomic E-state index is 13.8. The molecular weight excluding hydrogens is 512 g/mol. The monoisotopic (exact) mass is 540 g/mol. The molecule has 1 saturated heterocycles. The minimum atomic E-state index is -1.06. The Balaban J connectivity index is 1.41. The second kappa shape index (κ2) is 11.8. The molecule has 4 aromatic rings. The molecule has 0 aliphatic carbocycles. The van der Waals surface area contributed by atoms with Gasteiger partial charge in [0.25, 0.3) is 11.8 Å². The lowest BCUT2D eigenvalue weighted by atomic mass is 10.0. The van der Waals surface area contributed by atoms with Crippen LogP contribution in [0.1, 0.15) is 26.3 Å². The summed E-state index contributed by atoms with van der Waals surface area (Å²) < 4.78 is 5.00. The molecule has 0 spiro atoms. The Morgan fingerprint density at radius 3 is 2.35 bits per heavy atom. The van der Waals surface area contributed by atoms with Crippen LogP contribution in [0.5, 0.6) is 0 Å². The zero-order valence-corrected chi connectivity index (χ0v) is 21.8. The van der Waals surface area contributed by atoms with Crippen molar-refractivity contribution in [1.82, 2.24) is 30.1 Å². The number of nitrogens with zero attached hydrogens (tertiary/aromatic N) is 4. The SMILES string of the molecule is COC(=O)[C@@H](Cc1c[nH]c2ccccc12)NC(=O)[C@@H]1CN(C(=O)c2cccnc2)CCN1C(=O)c1cccnc1. The molecule has 1 aliphatic rings. The van der Waals surface area contributed by atoms with Gasteiger partial charge in [0.05, 0.1) is 24.8 Å². The number of para-hydroxylation sites is 1. The summed E-state index contributed by atoms with van der Waals surface area (Å²) in [5.74, 6) is -1.89. The molecule has 5 rings (SSSR count). The molecule has 0 unspecified atom stereocenters. The molecule has 0 radical (unpaired) electrons. The normalized spacial score (nSPS) is 15.9. The highest BCUT2D eigenvalue weighted by Crippen LogP contribution is 2.21. The maximum Gasteiger partial charge on any atom is 0.328 e. The van der Waals surface area contributed by atoms with Crippen LogP contribution in [0.3, 0.4) is 0 Å². The molecule has 40 heavy (non-hydrogen) atoms. The second-order valence-electron chi connectivity index (χ2n) is 9.40. The Morgan fingerprint density at radius 2 is 1.68 bits per heavy atom. The number of H-pyrrole nitrogens is 1. The number of fused-ring (bicyclic) bond motifs is 1. The first-order chi connectivity index (χ1) is 19.5. The summed E-state index contributed by atoms with van der Waals surface area (Å²) in [4.78, 5) is 67.3. The molecule has 11 nitrogen and oxygen atoms in total. The zero-order valence-electron chi connectivity index (χ0n) is 21.8. The van der Waals surface area contributed by atoms with Gasteiger partial charge in [-0.2, -0.15) is 0 Å². The van der Waals surface area contributed by atoms with Crippen LogP contribution in [0, 0.1) is 0 Å². The van der Waals surface area contributed by atoms with Gasteiger partial charge in [0.1, 0.15) is 12.1 Å². The van der Waals surface area contributed by atoms with E-state index in [1.165, 1.54) is 29.3 Å². The first kappa shape index (κ1) is 26.5. The molecule has 1 aromatic carbocycles. The van der Waals surface area contributed by atoms with Gasteiger partial charge in [-0.3, -0.25) is 24.4 Å². The lowest BCUT2D eigenvalue weighted by molar-refractivity contribution is -0.145. The summed E-state index contributed by atoms with van der Waals surface area (Å²) in [5, 5.41) is 3.71. The van der Waals surface area contributed by atoms with Crippen molar-refractivity contribution in [3.63, 3.8) is 0 Å². The first-order valence-electron chi connectivity index (χ1n) is 12.8. The van der Waals surface area contributed by atoms with Crippen molar-refractivity contribution < 1.29 is 23.9 Å². The van der Waals surface area contributed by atoms with E-state index in [2.05, 4.69) is 20.3 Å². The molecule has 2 N–H and O–H groups in total. The topological polar surface area (TPSA) is 138 Å². The van der Waals surface area contributed by atoms with Gasteiger partial charge in [0.2, 0.25) is 5.91 Å². The Labute approximate surface area is 230 Å². The van der Waals surface area contributed by atoms with Crippen LogP contribution in [0.25, 0.3) is 10.9 Å². The standard InChI is InChI=1S/C29H28N6O5/c1-40-29(39)24(14-21-17-32-23-9-3-2-8-22(21)23)33-26(36)25-18-34(27(37)19-6-4-10-30-15-19)12-13-35(25)28(38)20-7-5-11-31-16-20/h2-11,15-17,24-25,32H,12-14,18H2,1H3,(H,33,36)/t24-,25+/m1/s1. The Kier molecular flexibility index (Phi) is 7.81. The largest absolute Gasteiger partial charge is 0.467 e. The van der Waals surface area contributed by atoms with Gasteiger partial charge in [-0.15, -0.1) is 0 Å². The van der Waals surface area contributed by atoms with E-state index in [4.69, 9.17) is 4.74 Å². The van der Waals surface area contributed by atoms with Gasteiger partial charge in [0, 0.05) is 61.4 Å². The van der Waals surface area contributed by atoms with Crippen LogP contribution in [0.15, 0.2) is 79.5 Å². The molecule has 204 valence electrons. The smallest absolute Gasteiger partial charge is 0.328 e. The number of carbonyl (C=O) groups is 4. The van der Waals surface area contributed by atoms with E-state index < -0.39 is 29.9 Å². The minimum absolute atomic E-state index is 0.0630. The summed E-state index contributed by atoms with van der Waals surface area (Å²) in [6, 6.07) is 12.1. The lowest BCUT2D eigenvalue weighted by Crippen LogP contribution is -2.63. The maximum absolute atomic E-state index is 13.8. The van der Waals surface area contributed by atoms with Gasteiger partial charge in [0.15, 0.2) is 0 Å². The molecule has 2 atom stereocenters. The van der Waals surface area contributed by atoms with E-state index in [-0.39, 0.29) is 32.0 Å². The molecule has 11 heteroatoms. The number of piperazine rings is 1. The highest BCUT2D eigenvalue weighted by molar-refractivity contribution is 5.99. The van der Waals surface area contributed by atoms with Gasteiger partial charge in [-0.25, -0.2) is 4.79 Å². The fraction of sp³-hybridized carbons (Fsp3) is 0.241. The fourth-order valence-corrected chi connectivity index (χ4v) is 4.89. The van der Waals surface area contributed by atoms with Gasteiger partial charge < -0.3 is 24.8 Å². The third kappa shape index (κ3) is 5.53. The van der Waals surface area contributed by atoms with Crippen molar-refractivity contribution in [2.24, 2.45) is 0 Å². The Hall–Kier alpha value is -5.06. The molecule has 1 aliphatic heterocycles. The number of benzene rings is 1. The second-order valence-corrected chi connectivity index (χ2v) is 9.40. The average Bonchev–Trinajstić information content (AvgIpc) is 3.42. The van der Waals surface area contributed by atoms with E-state index in [0.717, 1.165) is 16.5 Å². The van der Waals surface area contributed by atoms with Gasteiger partial charge in [-0.05, 0) is 35.9 Å². The molecule has 0 saturated carbocycles. The predicted molar refractivity (Wildman–Crippen MR) is 145 cm³/mol. The van der Waals surface area contributed by atoms with Crippen molar-refractivity contribution in [1.29, 1.82) is 0 Å². The number of esters is 1. The minimum Gasteiger partial charge on any atom is -0.467 e. The highest BCUT2D eigenvalue weighted by Gasteiger charge is 2.39. The van der Waals surface area contributed by atoms with Crippen LogP contribution in [0.4, 0.5) is 0 Å². The van der Waals surface area contributed by atoms with Crippen molar-refractivity contribution in [2.75, 3.05) is 26.7 Å². The number of methoxy groups -OCH3 is 1. The molecule has 3 aromatic heterocycles. The number of aromatic nitrogens is 3. The van der Waals surface area contributed by atoms with E-state index in [1.54, 1.807) is 42.9 Å². The average molecular weight is 541 g/mol. The van der Waals surface area contributed by atoms with Crippen LogP contribution < -0.4 is 5.32 Å². The van der Waals surface area contributed by atoms with Crippen LogP contribution in [0.2, 0.25) is 0 Å². The summed E-state index contributed by atoms with van der Waals surface area (Å²) in [6.45, 7) is 0.273. The molecule has 4 heterocycles. The summed E-state index contributed by atoms with van der Waals surface area (Å²) in [6.07, 6.45) is 7.97. The van der Waals surface area contributed by atoms with E-state index in [0.29, 0.717) is 11.1 Å². The quantitative estimate of drug-likeness (QED) is 0.341. The molecular formula is C29H28N6O5. The number of hydrogen-bond donors (Lipinski definition) is 2. The third-order valence-electron chi connectivity index (χ3n) is 6.95. The van der Waals surface area contributed by atoms with Crippen molar-refractivity contribution in [2.45, 2.75) is 18.5 Å². The first-order valence-corrected chi connectivity index (χ1v) is 12.8. The van der Waals surface area contributed by atoms with Crippen molar-refractivity contribution in [3.05, 3.63) is 96.2 Å². The van der Waals surface area contributed by atoms with Gasteiger partial charge in [-0.1, -0.05) is 18.2 Å². The number of nitrogens with one attached hydrogen (secondary N) is 2. The zero-order chi connectivity index (χ0) is 28.1. The highest BCUT2D eigenvalue weighted by atomic mass is 16.5. The number of pyridine rings is 2. The van der Waals surface area contributed by atoms with E-state index in [1.807, 2.05) is 24.3 Å². The molecule has 1 fully saturated rings. The number of ether oxygens (including phenoxy) is 1. The number of amides is 3. The predicted octanol–water partition coefficient (Wildman–Crippen LogP) is 1.83. The number of carbonyl (C=O) groups excluding carboxylic acids is 4. The van der Waals surface area contributed by atoms with Crippen molar-refractivity contribution >= 4 is 34.6 Å². The molecule has 0 bridgehead atoms. The summed E-state index contributed by atoms with van der Waals surface area (Å²) in [7, 11) is 1.25. The summed E-state index contributed by atoms with van der Waals surface area (Å²) in [5.41, 5.74) is 2.42. The number of aromatic amines is 1. The number of rotatable bonds is 7. The Bertz CT molecular complexity index is 1520. The van der Waals surface area contributed by atoms with Crippen molar-refractivity contribution in [3.8, 4) is 0 Å². The summed E-state index contributed by atoms with van der Waals surface area (Å²) >= 11 is 0. The van der Waals surface area contributed by atoms with Crippen LogP contribution in [-0.2, 0) is 20.7 Å². The van der Waals surface area contributed by atoms with Crippen LogP contribution >= 0.6 is 0 Å². The lowest BCUT2D eigenvalue weighted by Gasteiger charge is -2.41. The number of hydrogen-bond acceptors (Lipinski definition) is 7. The Morgan fingerprint density at radius 1 is 0.975 bits per heavy atom.